The van der Waals surface area contributed by atoms with Crippen molar-refractivity contribution >= 4 is 29.1 Å². The molecule has 0 bridgehead atoms. The van der Waals surface area contributed by atoms with E-state index in [9.17, 15) is 9.18 Å². The highest BCUT2D eigenvalue weighted by atomic mass is 32.2. The molecule has 2 N–H and O–H groups in total. The fraction of sp³-hybridized carbons (Fsp3) is 0.222. The van der Waals surface area contributed by atoms with Gasteiger partial charge in [-0.1, -0.05) is 12.1 Å². The summed E-state index contributed by atoms with van der Waals surface area (Å²) in [5.41, 5.74) is 2.35. The van der Waals surface area contributed by atoms with Crippen molar-refractivity contribution in [2.45, 2.75) is 12.7 Å². The lowest BCUT2D eigenvalue weighted by Crippen LogP contribution is -2.10. The van der Waals surface area contributed by atoms with Crippen LogP contribution < -0.4 is 5.32 Å². The summed E-state index contributed by atoms with van der Waals surface area (Å²) in [5, 5.41) is 11.5. The molecule has 6 heteroatoms. The number of hydrogen-bond acceptors (Lipinski definition) is 4. The van der Waals surface area contributed by atoms with Gasteiger partial charge in [0.1, 0.15) is 11.6 Å². The smallest absolute Gasteiger partial charge is 0.249 e. The molecule has 24 heavy (non-hydrogen) atoms. The number of aliphatic hydroxyl groups is 1. The first-order chi connectivity index (χ1) is 11.6. The zero-order valence-corrected chi connectivity index (χ0v) is 14.1. The molecule has 0 saturated carbocycles. The summed E-state index contributed by atoms with van der Waals surface area (Å²) < 4.78 is 13.2. The third-order valence-electron chi connectivity index (χ3n) is 3.21. The minimum absolute atomic E-state index is 0.142. The molecule has 0 aliphatic heterocycles. The molecule has 0 aliphatic rings. The molecule has 0 spiro atoms. The fourth-order valence-electron chi connectivity index (χ4n) is 2.06. The Morgan fingerprint density at radius 1 is 1.38 bits per heavy atom. The number of nitrogens with zero attached hydrogens (tertiary/aromatic N) is 1. The van der Waals surface area contributed by atoms with Crippen LogP contribution >= 0.6 is 11.8 Å². The van der Waals surface area contributed by atoms with E-state index in [1.54, 1.807) is 43.1 Å². The summed E-state index contributed by atoms with van der Waals surface area (Å²) in [7, 11) is 0. The molecule has 2 rings (SSSR count). The van der Waals surface area contributed by atoms with Crippen molar-refractivity contribution in [1.29, 1.82) is 0 Å². The van der Waals surface area contributed by atoms with Gasteiger partial charge in [0.05, 0.1) is 6.61 Å². The van der Waals surface area contributed by atoms with Crippen LogP contribution in [0.4, 0.5) is 10.2 Å². The zero-order valence-electron chi connectivity index (χ0n) is 13.3. The van der Waals surface area contributed by atoms with Crippen LogP contribution in [0.1, 0.15) is 18.1 Å². The molecule has 1 amide bonds. The molecule has 0 radical (unpaired) electrons. The van der Waals surface area contributed by atoms with Gasteiger partial charge in [0.25, 0.3) is 0 Å². The number of anilines is 1. The summed E-state index contributed by atoms with van der Waals surface area (Å²) >= 11 is 1.61. The van der Waals surface area contributed by atoms with E-state index in [0.717, 1.165) is 11.3 Å². The number of nitrogens with one attached hydrogen (secondary N) is 1. The Morgan fingerprint density at radius 2 is 2.21 bits per heavy atom. The van der Waals surface area contributed by atoms with Gasteiger partial charge < -0.3 is 10.4 Å². The largest absolute Gasteiger partial charge is 0.396 e. The number of benzene rings is 1. The number of rotatable bonds is 7. The monoisotopic (exact) mass is 346 g/mol. The second-order valence-corrected chi connectivity index (χ2v) is 6.26. The quantitative estimate of drug-likeness (QED) is 0.595. The predicted molar refractivity (Wildman–Crippen MR) is 96.2 cm³/mol. The lowest BCUT2D eigenvalue weighted by molar-refractivity contribution is -0.111. The lowest BCUT2D eigenvalue weighted by Gasteiger charge is -2.06. The van der Waals surface area contributed by atoms with Crippen molar-refractivity contribution in [3.8, 4) is 0 Å². The molecule has 1 aromatic carbocycles. The number of carbonyl (C=O) groups is 1. The lowest BCUT2D eigenvalue weighted by atomic mass is 10.1. The van der Waals surface area contributed by atoms with Crippen molar-refractivity contribution < 1.29 is 14.3 Å². The van der Waals surface area contributed by atoms with Crippen molar-refractivity contribution in [3.05, 3.63) is 65.6 Å². The number of carbonyl (C=O) groups excluding carboxylic acids is 1. The third-order valence-corrected chi connectivity index (χ3v) is 4.22. The molecule has 4 nitrogen and oxygen atoms in total. The van der Waals surface area contributed by atoms with Gasteiger partial charge in [-0.15, -0.1) is 0 Å². The van der Waals surface area contributed by atoms with Crippen molar-refractivity contribution in [2.75, 3.05) is 17.7 Å². The van der Waals surface area contributed by atoms with E-state index < -0.39 is 0 Å². The summed E-state index contributed by atoms with van der Waals surface area (Å²) in [6.45, 7) is 1.90. The zero-order chi connectivity index (χ0) is 17.4. The topological polar surface area (TPSA) is 62.2 Å². The second-order valence-electron chi connectivity index (χ2n) is 5.15. The maximum atomic E-state index is 13.2. The molecule has 126 valence electrons. The number of aliphatic hydroxyl groups excluding tert-OH is 1. The first-order valence-corrected chi connectivity index (χ1v) is 8.62. The molecule has 0 atom stereocenters. The normalized spacial score (nSPS) is 11.4. The predicted octanol–water partition coefficient (Wildman–Crippen LogP) is 3.49. The minimum Gasteiger partial charge on any atom is -0.396 e. The Kier molecular flexibility index (Phi) is 6.96. The van der Waals surface area contributed by atoms with Gasteiger partial charge in [-0.2, -0.15) is 11.8 Å². The molecule has 2 aromatic rings. The number of aromatic nitrogens is 1. The highest BCUT2D eigenvalue weighted by Crippen LogP contribution is 2.16. The van der Waals surface area contributed by atoms with Crippen LogP contribution in [0, 0.1) is 5.82 Å². The molecule has 0 fully saturated rings. The highest BCUT2D eigenvalue weighted by molar-refractivity contribution is 7.98. The average molecular weight is 346 g/mol. The van der Waals surface area contributed by atoms with E-state index in [0.29, 0.717) is 22.7 Å². The maximum Gasteiger partial charge on any atom is 0.249 e. The van der Waals surface area contributed by atoms with Crippen LogP contribution in [0.25, 0.3) is 5.57 Å². The summed E-state index contributed by atoms with van der Waals surface area (Å²) in [6, 6.07) is 9.77. The molecule has 1 aromatic heterocycles. The molecule has 0 aliphatic carbocycles. The molecule has 0 saturated heterocycles. The van der Waals surface area contributed by atoms with Gasteiger partial charge in [0.2, 0.25) is 5.91 Å². The van der Waals surface area contributed by atoms with Crippen molar-refractivity contribution in [1.82, 2.24) is 4.98 Å². The van der Waals surface area contributed by atoms with Gasteiger partial charge in [-0.3, -0.25) is 4.79 Å². The minimum atomic E-state index is -0.338. The van der Waals surface area contributed by atoms with Crippen LogP contribution in [-0.2, 0) is 10.5 Å². The van der Waals surface area contributed by atoms with E-state index in [1.807, 2.05) is 6.07 Å². The molecule has 1 heterocycles. The van der Waals surface area contributed by atoms with E-state index in [4.69, 9.17) is 5.11 Å². The molecular weight excluding hydrogens is 327 g/mol. The molecule has 0 unspecified atom stereocenters. The van der Waals surface area contributed by atoms with Crippen LogP contribution in [0.15, 0.2) is 48.7 Å². The van der Waals surface area contributed by atoms with Gasteiger partial charge >= 0.3 is 0 Å². The van der Waals surface area contributed by atoms with E-state index in [2.05, 4.69) is 10.3 Å². The number of pyridine rings is 1. The number of hydrogen-bond donors (Lipinski definition) is 2. The average Bonchev–Trinajstić information content (AvgIpc) is 2.55. The van der Waals surface area contributed by atoms with Crippen LogP contribution in [-0.4, -0.2) is 28.4 Å². The Bertz CT molecular complexity index is 734. The number of halogens is 1. The first-order valence-electron chi connectivity index (χ1n) is 7.47. The summed E-state index contributed by atoms with van der Waals surface area (Å²) in [6.07, 6.45) is 3.05. The number of thioether (sulfide) groups is 1. The fourth-order valence-corrected chi connectivity index (χ4v) is 2.75. The van der Waals surface area contributed by atoms with Crippen LogP contribution in [0.5, 0.6) is 0 Å². The SMILES string of the molecule is C/C(=C/C(=O)Nc1cc(CSCCO)ccn1)c1cccc(F)c1. The number of allylic oxidation sites excluding steroid dienone is 1. The molecular formula is C18H19FN2O2S. The van der Waals surface area contributed by atoms with Crippen molar-refractivity contribution in [3.63, 3.8) is 0 Å². The van der Waals surface area contributed by atoms with Gasteiger partial charge in [-0.25, -0.2) is 9.37 Å². The van der Waals surface area contributed by atoms with Gasteiger partial charge in [0.15, 0.2) is 0 Å². The summed E-state index contributed by atoms with van der Waals surface area (Å²) in [5.74, 6) is 1.22. The van der Waals surface area contributed by atoms with E-state index in [1.165, 1.54) is 18.2 Å². The van der Waals surface area contributed by atoms with Crippen LogP contribution in [0.2, 0.25) is 0 Å². The van der Waals surface area contributed by atoms with Gasteiger partial charge in [0, 0.05) is 23.8 Å². The standard InChI is InChI=1S/C18H19FN2O2S/c1-13(15-3-2-4-16(19)11-15)9-18(23)21-17-10-14(5-6-20-17)12-24-8-7-22/h2-6,9-11,22H,7-8,12H2,1H3,(H,20,21,23)/b13-9-. The maximum absolute atomic E-state index is 13.2. The Labute approximate surface area is 144 Å². The Balaban J connectivity index is 2.01. The third kappa shape index (κ3) is 5.79. The van der Waals surface area contributed by atoms with E-state index in [-0.39, 0.29) is 18.3 Å². The summed E-state index contributed by atoms with van der Waals surface area (Å²) in [4.78, 5) is 16.2. The van der Waals surface area contributed by atoms with Crippen molar-refractivity contribution in [2.24, 2.45) is 0 Å². The van der Waals surface area contributed by atoms with E-state index >= 15 is 0 Å². The Morgan fingerprint density at radius 3 is 2.96 bits per heavy atom. The van der Waals surface area contributed by atoms with Gasteiger partial charge in [-0.05, 0) is 47.9 Å². The number of amides is 1. The van der Waals surface area contributed by atoms with Crippen LogP contribution in [0.3, 0.4) is 0 Å². The second kappa shape index (κ2) is 9.20. The highest BCUT2D eigenvalue weighted by Gasteiger charge is 2.04. The Hall–Kier alpha value is -2.18. The first kappa shape index (κ1) is 18.2.